The van der Waals surface area contributed by atoms with Gasteiger partial charge in [0.25, 0.3) is 0 Å². The molecule has 2 aromatic carbocycles. The zero-order chi connectivity index (χ0) is 30.0. The van der Waals surface area contributed by atoms with Gasteiger partial charge in [-0.25, -0.2) is 0 Å². The lowest BCUT2D eigenvalue weighted by Gasteiger charge is -2.54. The van der Waals surface area contributed by atoms with Crippen LogP contribution in [-0.4, -0.2) is 89.7 Å². The van der Waals surface area contributed by atoms with Crippen LogP contribution in [0.4, 0.5) is 5.69 Å². The average molecular weight is 580 g/mol. The number of hydrogen-bond acceptors (Lipinski definition) is 10. The Balaban J connectivity index is 1.71. The van der Waals surface area contributed by atoms with E-state index in [0.29, 0.717) is 17.0 Å². The highest BCUT2D eigenvalue weighted by atomic mass is 32.2. The fourth-order valence-electron chi connectivity index (χ4n) is 7.09. The number of phenols is 1. The van der Waals surface area contributed by atoms with E-state index in [0.717, 1.165) is 4.90 Å². The zero-order valence-corrected chi connectivity index (χ0v) is 24.1. The lowest BCUT2D eigenvalue weighted by Crippen LogP contribution is -2.74. The van der Waals surface area contributed by atoms with Crippen molar-refractivity contribution in [1.29, 1.82) is 0 Å². The third-order valence-electron chi connectivity index (χ3n) is 8.86. The number of phenolic OH excluding ortho intramolecular Hbond substituents is 1. The maximum absolute atomic E-state index is 14.3. The van der Waals surface area contributed by atoms with Crippen molar-refractivity contribution in [3.63, 3.8) is 0 Å². The second-order valence-corrected chi connectivity index (χ2v) is 12.6. The third-order valence-corrected chi connectivity index (χ3v) is 9.99. The first-order chi connectivity index (χ1) is 19.3. The molecule has 0 aliphatic heterocycles. The van der Waals surface area contributed by atoms with E-state index >= 15 is 0 Å². The lowest BCUT2D eigenvalue weighted by atomic mass is 9.50. The molecule has 0 aromatic heterocycles. The Morgan fingerprint density at radius 2 is 1.68 bits per heavy atom. The molecular weight excluding hydrogens is 546 g/mol. The summed E-state index contributed by atoms with van der Waals surface area (Å²) in [6.45, 7) is 0. The molecule has 2 saturated carbocycles. The van der Waals surface area contributed by atoms with Crippen LogP contribution >= 0.6 is 11.8 Å². The Labute approximate surface area is 241 Å². The zero-order valence-electron chi connectivity index (χ0n) is 23.2. The number of ketones is 4. The number of anilines is 1. The summed E-state index contributed by atoms with van der Waals surface area (Å²) in [7, 11) is 6.78. The van der Waals surface area contributed by atoms with Crippen LogP contribution in [0.25, 0.3) is 0 Å². The molecule has 0 saturated heterocycles. The summed E-state index contributed by atoms with van der Waals surface area (Å²) >= 11 is 1.53. The molecule has 4 N–H and O–H groups in total. The topological polar surface area (TPSA) is 158 Å². The molecule has 10 nitrogen and oxygen atoms in total. The molecule has 2 aromatic rings. The highest BCUT2D eigenvalue weighted by Gasteiger charge is 2.70. The summed E-state index contributed by atoms with van der Waals surface area (Å²) in [5.41, 5.74) is 3.93. The van der Waals surface area contributed by atoms with Crippen molar-refractivity contribution < 1.29 is 34.2 Å². The number of benzene rings is 2. The summed E-state index contributed by atoms with van der Waals surface area (Å²) in [6, 6.07) is 11.6. The Hall–Kier alpha value is -3.54. The molecule has 3 aliphatic carbocycles. The first kappa shape index (κ1) is 29.0. The quantitative estimate of drug-likeness (QED) is 0.336. The number of amides is 1. The van der Waals surface area contributed by atoms with Gasteiger partial charge < -0.3 is 20.8 Å². The summed E-state index contributed by atoms with van der Waals surface area (Å²) in [4.78, 5) is 71.9. The number of thioether (sulfide) groups is 1. The maximum atomic E-state index is 14.3. The van der Waals surface area contributed by atoms with Crippen molar-refractivity contribution in [2.75, 3.05) is 38.8 Å². The van der Waals surface area contributed by atoms with Crippen LogP contribution in [0.2, 0.25) is 0 Å². The van der Waals surface area contributed by atoms with Gasteiger partial charge in [0.15, 0.2) is 34.7 Å². The molecule has 7 atom stereocenters. The van der Waals surface area contributed by atoms with Gasteiger partial charge in [-0.1, -0.05) is 18.2 Å². The van der Waals surface area contributed by atoms with Crippen molar-refractivity contribution in [2.24, 2.45) is 29.4 Å². The SMILES string of the molecule is CN(C)c1ccc(O)c2c1[C@H](CSc1ccccc1)[C@H]1C[C@H]3[C@H](N(C)C)C(=O)C(C(N)=O)C(=O)[C@@]3(O)C(=O)C1C2=O. The van der Waals surface area contributed by atoms with Gasteiger partial charge >= 0.3 is 0 Å². The fourth-order valence-corrected chi connectivity index (χ4v) is 8.22. The van der Waals surface area contributed by atoms with Crippen LogP contribution in [0.1, 0.15) is 28.3 Å². The molecule has 0 spiro atoms. The molecule has 3 aliphatic rings. The highest BCUT2D eigenvalue weighted by Crippen LogP contribution is 2.56. The Kier molecular flexibility index (Phi) is 7.33. The highest BCUT2D eigenvalue weighted by molar-refractivity contribution is 7.99. The van der Waals surface area contributed by atoms with Crippen LogP contribution in [0.5, 0.6) is 5.75 Å². The van der Waals surface area contributed by atoms with Crippen LogP contribution in [0.3, 0.4) is 0 Å². The van der Waals surface area contributed by atoms with E-state index in [-0.39, 0.29) is 17.7 Å². The number of hydrogen-bond donors (Lipinski definition) is 3. The second kappa shape index (κ2) is 10.4. The third kappa shape index (κ3) is 4.29. The summed E-state index contributed by atoms with van der Waals surface area (Å²) in [6.07, 6.45) is -0.00750. The minimum Gasteiger partial charge on any atom is -0.507 e. The van der Waals surface area contributed by atoms with Crippen molar-refractivity contribution >= 4 is 46.5 Å². The number of aromatic hydroxyl groups is 1. The van der Waals surface area contributed by atoms with Gasteiger partial charge in [0.1, 0.15) is 5.75 Å². The largest absolute Gasteiger partial charge is 0.507 e. The van der Waals surface area contributed by atoms with Crippen molar-refractivity contribution in [3.8, 4) is 5.75 Å². The number of carbonyl (C=O) groups is 5. The normalized spacial score (nSPS) is 31.0. The van der Waals surface area contributed by atoms with E-state index in [4.69, 9.17) is 5.73 Å². The fraction of sp³-hybridized carbons (Fsp3) is 0.433. The Bertz CT molecular complexity index is 1460. The number of aliphatic hydroxyl groups is 1. The van der Waals surface area contributed by atoms with E-state index in [2.05, 4.69) is 0 Å². The predicted molar refractivity (Wildman–Crippen MR) is 152 cm³/mol. The van der Waals surface area contributed by atoms with Crippen LogP contribution < -0.4 is 10.6 Å². The standard InChI is InChI=1S/C30H33N3O7S/c1-32(2)18-10-11-19(34)22-20(18)16(13-41-14-8-6-5-7-9-14)15-12-17-24(33(3)4)26(36)23(29(31)39)28(38)30(17,40)27(37)21(15)25(22)35/h5-11,15-17,21,23-24,34,40H,12-13H2,1-4H3,(H2,31,39)/t15-,16-,17+,21?,23?,24+,30+/m1/s1. The van der Waals surface area contributed by atoms with Crippen LogP contribution in [0, 0.1) is 23.7 Å². The second-order valence-electron chi connectivity index (χ2n) is 11.5. The van der Waals surface area contributed by atoms with E-state index in [9.17, 15) is 34.2 Å². The number of likely N-dealkylation sites (N-methyl/N-ethyl adjacent to an activating group) is 1. The average Bonchev–Trinajstić information content (AvgIpc) is 2.90. The van der Waals surface area contributed by atoms with Gasteiger partial charge in [-0.3, -0.25) is 28.9 Å². The number of carbonyl (C=O) groups excluding carboxylic acids is 5. The van der Waals surface area contributed by atoms with Crippen molar-refractivity contribution in [3.05, 3.63) is 53.6 Å². The monoisotopic (exact) mass is 579 g/mol. The Morgan fingerprint density at radius 3 is 2.27 bits per heavy atom. The molecule has 5 rings (SSSR count). The first-order valence-electron chi connectivity index (χ1n) is 13.4. The van der Waals surface area contributed by atoms with Gasteiger partial charge in [0.05, 0.1) is 17.5 Å². The number of fused-ring (bicyclic) bond motifs is 3. The number of Topliss-reactive ketones (excluding diaryl/α,β-unsaturated/α-hetero) is 4. The molecule has 0 heterocycles. The predicted octanol–water partition coefficient (Wildman–Crippen LogP) is 1.27. The summed E-state index contributed by atoms with van der Waals surface area (Å²) in [5, 5.41) is 22.8. The number of primary amides is 1. The number of nitrogens with two attached hydrogens (primary N) is 1. The van der Waals surface area contributed by atoms with E-state index in [1.54, 1.807) is 20.2 Å². The van der Waals surface area contributed by atoms with Crippen LogP contribution in [0.15, 0.2) is 47.4 Å². The lowest BCUT2D eigenvalue weighted by molar-refractivity contribution is -0.181. The van der Waals surface area contributed by atoms with Gasteiger partial charge in [0.2, 0.25) is 5.91 Å². The van der Waals surface area contributed by atoms with E-state index in [1.165, 1.54) is 22.7 Å². The maximum Gasteiger partial charge on any atom is 0.235 e. The molecule has 41 heavy (non-hydrogen) atoms. The minimum atomic E-state index is -2.76. The summed E-state index contributed by atoms with van der Waals surface area (Å²) < 4.78 is 0. The number of rotatable bonds is 6. The van der Waals surface area contributed by atoms with Crippen LogP contribution in [-0.2, 0) is 19.2 Å². The van der Waals surface area contributed by atoms with Gasteiger partial charge in [-0.15, -0.1) is 11.8 Å². The molecule has 2 unspecified atom stereocenters. The summed E-state index contributed by atoms with van der Waals surface area (Å²) in [5.74, 6) is -10.7. The van der Waals surface area contributed by atoms with Crippen molar-refractivity contribution in [1.82, 2.24) is 4.90 Å². The van der Waals surface area contributed by atoms with Crippen molar-refractivity contribution in [2.45, 2.75) is 28.9 Å². The Morgan fingerprint density at radius 1 is 1.02 bits per heavy atom. The molecular formula is C30H33N3O7S. The minimum absolute atomic E-state index is 0.00750. The van der Waals surface area contributed by atoms with E-state index in [1.807, 2.05) is 49.3 Å². The molecule has 216 valence electrons. The van der Waals surface area contributed by atoms with E-state index < -0.39 is 70.3 Å². The molecule has 0 radical (unpaired) electrons. The molecule has 0 bridgehead atoms. The van der Waals surface area contributed by atoms with Gasteiger partial charge in [-0.05, 0) is 56.3 Å². The van der Waals surface area contributed by atoms with Gasteiger partial charge in [-0.2, -0.15) is 0 Å². The molecule has 2 fully saturated rings. The first-order valence-corrected chi connectivity index (χ1v) is 14.4. The molecule has 1 amide bonds. The number of nitrogens with zero attached hydrogens (tertiary/aromatic N) is 2. The van der Waals surface area contributed by atoms with Gasteiger partial charge in [0, 0.05) is 42.3 Å². The molecule has 11 heteroatoms. The smallest absolute Gasteiger partial charge is 0.235 e.